The van der Waals surface area contributed by atoms with Gasteiger partial charge < -0.3 is 30.4 Å². The minimum absolute atomic E-state index is 0.130. The number of ether oxygens (including phenoxy) is 4. The molecule has 0 aromatic heterocycles. The quantitative estimate of drug-likeness (QED) is 0.0742. The second kappa shape index (κ2) is 19.2. The number of hydrogen-bond donors (Lipinski definition) is 2. The Morgan fingerprint density at radius 3 is 1.23 bits per heavy atom. The highest BCUT2D eigenvalue weighted by molar-refractivity contribution is 5.98. The van der Waals surface area contributed by atoms with Gasteiger partial charge in [0.25, 0.3) is 0 Å². The van der Waals surface area contributed by atoms with Crippen molar-refractivity contribution < 1.29 is 28.5 Å². The molecule has 0 amide bonds. The molecule has 44 heavy (non-hydrogen) atoms. The van der Waals surface area contributed by atoms with Crippen LogP contribution < -0.4 is 20.9 Å². The standard InChI is InChI=1S/C36H48N2O6/c1-3-5-7-9-11-13-23-41-35(39)31-25-34(44-30-21-17-28(38)18-22-30)32(36(40)42-24-14-12-10-8-6-4-2)26-33(31)43-29-19-15-27(37)16-20-29/h15-22,25-26H,3-14,23-24,37-38H2,1-2H3. The lowest BCUT2D eigenvalue weighted by Gasteiger charge is -2.17. The van der Waals surface area contributed by atoms with Gasteiger partial charge in [0.15, 0.2) is 0 Å². The Morgan fingerprint density at radius 2 is 0.864 bits per heavy atom. The van der Waals surface area contributed by atoms with E-state index in [1.54, 1.807) is 48.5 Å². The van der Waals surface area contributed by atoms with Crippen LogP contribution in [0.2, 0.25) is 0 Å². The predicted molar refractivity (Wildman–Crippen MR) is 176 cm³/mol. The van der Waals surface area contributed by atoms with Gasteiger partial charge in [-0.1, -0.05) is 78.1 Å². The molecule has 0 fully saturated rings. The van der Waals surface area contributed by atoms with Crippen LogP contribution in [0.5, 0.6) is 23.0 Å². The van der Waals surface area contributed by atoms with Crippen molar-refractivity contribution in [2.45, 2.75) is 90.9 Å². The Kier molecular flexibility index (Phi) is 14.9. The molecule has 0 saturated heterocycles. The van der Waals surface area contributed by atoms with Crippen LogP contribution in [0.1, 0.15) is 112 Å². The summed E-state index contributed by atoms with van der Waals surface area (Å²) in [6.07, 6.45) is 12.8. The predicted octanol–water partition coefficient (Wildman–Crippen LogP) is 9.47. The smallest absolute Gasteiger partial charge is 0.342 e. The fourth-order valence-corrected chi connectivity index (χ4v) is 4.62. The fraction of sp³-hybridized carbons (Fsp3) is 0.444. The Balaban J connectivity index is 1.87. The first kappa shape index (κ1) is 34.3. The molecule has 0 aliphatic heterocycles. The van der Waals surface area contributed by atoms with Crippen molar-refractivity contribution in [3.8, 4) is 23.0 Å². The summed E-state index contributed by atoms with van der Waals surface area (Å²) < 4.78 is 23.5. The van der Waals surface area contributed by atoms with E-state index in [-0.39, 0.29) is 35.8 Å². The zero-order valence-corrected chi connectivity index (χ0v) is 26.3. The van der Waals surface area contributed by atoms with E-state index in [1.807, 2.05) is 0 Å². The summed E-state index contributed by atoms with van der Waals surface area (Å²) >= 11 is 0. The van der Waals surface area contributed by atoms with Crippen LogP contribution in [0.3, 0.4) is 0 Å². The fourth-order valence-electron chi connectivity index (χ4n) is 4.62. The van der Waals surface area contributed by atoms with Crippen LogP contribution in [0.15, 0.2) is 60.7 Å². The lowest BCUT2D eigenvalue weighted by Crippen LogP contribution is -2.12. The zero-order valence-electron chi connectivity index (χ0n) is 26.3. The van der Waals surface area contributed by atoms with Gasteiger partial charge in [-0.05, 0) is 73.5 Å². The van der Waals surface area contributed by atoms with Crippen molar-refractivity contribution in [3.05, 3.63) is 71.8 Å². The molecule has 8 nitrogen and oxygen atoms in total. The number of nitrogens with two attached hydrogens (primary N) is 2. The first-order valence-corrected chi connectivity index (χ1v) is 16.0. The van der Waals surface area contributed by atoms with E-state index in [4.69, 9.17) is 30.4 Å². The number of esters is 2. The third kappa shape index (κ3) is 11.8. The third-order valence-electron chi connectivity index (χ3n) is 7.20. The van der Waals surface area contributed by atoms with E-state index >= 15 is 0 Å². The van der Waals surface area contributed by atoms with E-state index < -0.39 is 11.9 Å². The van der Waals surface area contributed by atoms with Gasteiger partial charge in [-0.2, -0.15) is 0 Å². The van der Waals surface area contributed by atoms with Crippen LogP contribution in [0.4, 0.5) is 11.4 Å². The first-order chi connectivity index (χ1) is 21.4. The summed E-state index contributed by atoms with van der Waals surface area (Å²) in [6, 6.07) is 16.5. The summed E-state index contributed by atoms with van der Waals surface area (Å²) in [5.41, 5.74) is 13.1. The lowest BCUT2D eigenvalue weighted by atomic mass is 10.1. The molecule has 0 bridgehead atoms. The van der Waals surface area contributed by atoms with E-state index in [1.165, 1.54) is 50.7 Å². The molecular weight excluding hydrogens is 556 g/mol. The second-order valence-corrected chi connectivity index (χ2v) is 11.0. The van der Waals surface area contributed by atoms with Gasteiger partial charge in [0.2, 0.25) is 0 Å². The van der Waals surface area contributed by atoms with Gasteiger partial charge in [-0.3, -0.25) is 0 Å². The number of hydrogen-bond acceptors (Lipinski definition) is 8. The maximum Gasteiger partial charge on any atom is 0.342 e. The van der Waals surface area contributed by atoms with Crippen LogP contribution in [-0.2, 0) is 9.47 Å². The molecule has 3 rings (SSSR count). The molecular formula is C36H48N2O6. The molecule has 0 aliphatic rings. The molecule has 4 N–H and O–H groups in total. The normalized spacial score (nSPS) is 10.8. The van der Waals surface area contributed by atoms with E-state index in [0.29, 0.717) is 22.9 Å². The maximum absolute atomic E-state index is 13.4. The highest BCUT2D eigenvalue weighted by Crippen LogP contribution is 2.36. The van der Waals surface area contributed by atoms with Crippen molar-refractivity contribution in [2.75, 3.05) is 24.7 Å². The molecule has 0 spiro atoms. The van der Waals surface area contributed by atoms with Crippen molar-refractivity contribution in [1.29, 1.82) is 0 Å². The van der Waals surface area contributed by atoms with E-state index in [9.17, 15) is 9.59 Å². The van der Waals surface area contributed by atoms with Crippen LogP contribution >= 0.6 is 0 Å². The topological polar surface area (TPSA) is 123 Å². The van der Waals surface area contributed by atoms with Crippen LogP contribution in [-0.4, -0.2) is 25.2 Å². The Bertz CT molecular complexity index is 1190. The largest absolute Gasteiger partial charge is 0.462 e. The number of carbonyl (C=O) groups excluding carboxylic acids is 2. The molecule has 8 heteroatoms. The SMILES string of the molecule is CCCCCCCCOC(=O)c1cc(Oc2ccc(N)cc2)c(C(=O)OCCCCCCCC)cc1Oc1ccc(N)cc1. The van der Waals surface area contributed by atoms with Crippen LogP contribution in [0, 0.1) is 0 Å². The molecule has 0 heterocycles. The maximum atomic E-state index is 13.4. The highest BCUT2D eigenvalue weighted by atomic mass is 16.5. The summed E-state index contributed by atoms with van der Waals surface area (Å²) in [4.78, 5) is 26.8. The molecule has 0 saturated carbocycles. The molecule has 238 valence electrons. The van der Waals surface area contributed by atoms with Gasteiger partial charge in [0.05, 0.1) is 13.2 Å². The summed E-state index contributed by atoms with van der Waals surface area (Å²) in [6.45, 7) is 4.92. The summed E-state index contributed by atoms with van der Waals surface area (Å²) in [7, 11) is 0. The van der Waals surface area contributed by atoms with Crippen molar-refractivity contribution in [2.24, 2.45) is 0 Å². The average molecular weight is 605 g/mol. The Hall–Kier alpha value is -4.20. The summed E-state index contributed by atoms with van der Waals surface area (Å²) in [5.74, 6) is 0.0552. The van der Waals surface area contributed by atoms with Gasteiger partial charge in [-0.15, -0.1) is 0 Å². The third-order valence-corrected chi connectivity index (χ3v) is 7.20. The molecule has 0 aliphatic carbocycles. The van der Waals surface area contributed by atoms with Gasteiger partial charge in [0, 0.05) is 11.4 Å². The number of carbonyl (C=O) groups is 2. The molecule has 0 unspecified atom stereocenters. The van der Waals surface area contributed by atoms with Crippen molar-refractivity contribution >= 4 is 23.3 Å². The highest BCUT2D eigenvalue weighted by Gasteiger charge is 2.24. The first-order valence-electron chi connectivity index (χ1n) is 16.0. The van der Waals surface area contributed by atoms with Crippen LogP contribution in [0.25, 0.3) is 0 Å². The summed E-state index contributed by atoms with van der Waals surface area (Å²) in [5, 5.41) is 0. The van der Waals surface area contributed by atoms with E-state index in [2.05, 4.69) is 13.8 Å². The van der Waals surface area contributed by atoms with Gasteiger partial charge in [0.1, 0.15) is 34.1 Å². The lowest BCUT2D eigenvalue weighted by molar-refractivity contribution is 0.0478. The van der Waals surface area contributed by atoms with Crippen molar-refractivity contribution in [3.63, 3.8) is 0 Å². The molecule has 3 aromatic rings. The number of nitrogen functional groups attached to an aromatic ring is 2. The minimum Gasteiger partial charge on any atom is -0.462 e. The zero-order chi connectivity index (χ0) is 31.6. The average Bonchev–Trinajstić information content (AvgIpc) is 3.02. The Morgan fingerprint density at radius 1 is 0.523 bits per heavy atom. The number of anilines is 2. The number of unbranched alkanes of at least 4 members (excludes halogenated alkanes) is 10. The van der Waals surface area contributed by atoms with E-state index in [0.717, 1.165) is 38.5 Å². The monoisotopic (exact) mass is 604 g/mol. The molecule has 0 radical (unpaired) electrons. The molecule has 3 aromatic carbocycles. The number of rotatable bonds is 20. The van der Waals surface area contributed by atoms with Gasteiger partial charge >= 0.3 is 11.9 Å². The van der Waals surface area contributed by atoms with Crippen molar-refractivity contribution in [1.82, 2.24) is 0 Å². The number of benzene rings is 3. The molecule has 0 atom stereocenters. The second-order valence-electron chi connectivity index (χ2n) is 11.0. The minimum atomic E-state index is -0.571. The van der Waals surface area contributed by atoms with Gasteiger partial charge in [-0.25, -0.2) is 9.59 Å². The Labute approximate surface area is 262 Å².